The van der Waals surface area contributed by atoms with Gasteiger partial charge in [-0.2, -0.15) is 0 Å². The van der Waals surface area contributed by atoms with Crippen LogP contribution in [0.15, 0.2) is 42.5 Å². The van der Waals surface area contributed by atoms with Crippen molar-refractivity contribution in [3.8, 4) is 0 Å². The fraction of sp³-hybridized carbons (Fsp3) is 0.316. The van der Waals surface area contributed by atoms with Gasteiger partial charge in [0.15, 0.2) is 5.11 Å². The Labute approximate surface area is 153 Å². The Bertz CT molecular complexity index is 701. The van der Waals surface area contributed by atoms with Gasteiger partial charge in [0.2, 0.25) is 0 Å². The van der Waals surface area contributed by atoms with Crippen LogP contribution in [0.25, 0.3) is 0 Å². The first kappa shape index (κ1) is 18.7. The molecule has 2 aromatic carbocycles. The minimum Gasteiger partial charge on any atom is -0.356 e. The van der Waals surface area contributed by atoms with Crippen LogP contribution in [0.1, 0.15) is 50.3 Å². The summed E-state index contributed by atoms with van der Waals surface area (Å²) in [6, 6.07) is 13.1. The van der Waals surface area contributed by atoms with E-state index in [1.54, 1.807) is 6.07 Å². The lowest BCUT2D eigenvalue weighted by molar-refractivity contribution is 0.627. The third-order valence-electron chi connectivity index (χ3n) is 3.90. The molecule has 0 fully saturated rings. The summed E-state index contributed by atoms with van der Waals surface area (Å²) in [5, 5.41) is 6.89. The SMILES string of the molecule is CCC(NC(=S)Nc1ccc(F)c(Cl)c1)c1ccc(C(C)C)cc1. The zero-order valence-corrected chi connectivity index (χ0v) is 15.6. The minimum absolute atomic E-state index is 0.0686. The molecule has 0 spiro atoms. The van der Waals surface area contributed by atoms with E-state index in [4.69, 9.17) is 23.8 Å². The zero-order valence-electron chi connectivity index (χ0n) is 14.1. The second-order valence-electron chi connectivity index (χ2n) is 6.01. The molecule has 0 amide bonds. The van der Waals surface area contributed by atoms with E-state index < -0.39 is 5.82 Å². The highest BCUT2D eigenvalue weighted by atomic mass is 35.5. The van der Waals surface area contributed by atoms with Gasteiger partial charge in [0.25, 0.3) is 0 Å². The molecule has 0 saturated carbocycles. The van der Waals surface area contributed by atoms with Gasteiger partial charge in [0.05, 0.1) is 11.1 Å². The maximum Gasteiger partial charge on any atom is 0.171 e. The Hall–Kier alpha value is -1.65. The van der Waals surface area contributed by atoms with Crippen molar-refractivity contribution in [1.29, 1.82) is 0 Å². The van der Waals surface area contributed by atoms with Crippen LogP contribution in [-0.2, 0) is 0 Å². The highest BCUT2D eigenvalue weighted by Crippen LogP contribution is 2.22. The van der Waals surface area contributed by atoms with Crippen molar-refractivity contribution in [2.45, 2.75) is 39.2 Å². The molecule has 0 heterocycles. The molecule has 2 rings (SSSR count). The first-order valence-electron chi connectivity index (χ1n) is 8.03. The lowest BCUT2D eigenvalue weighted by Crippen LogP contribution is -2.32. The van der Waals surface area contributed by atoms with Crippen molar-refractivity contribution >= 4 is 34.6 Å². The van der Waals surface area contributed by atoms with Gasteiger partial charge in [-0.15, -0.1) is 0 Å². The second kappa shape index (κ2) is 8.45. The quantitative estimate of drug-likeness (QED) is 0.632. The smallest absolute Gasteiger partial charge is 0.171 e. The van der Waals surface area contributed by atoms with Gasteiger partial charge in [0.1, 0.15) is 5.82 Å². The molecule has 0 aliphatic heterocycles. The average molecular weight is 365 g/mol. The van der Waals surface area contributed by atoms with Gasteiger partial charge in [-0.1, -0.05) is 56.6 Å². The van der Waals surface area contributed by atoms with Gasteiger partial charge in [0, 0.05) is 5.69 Å². The lowest BCUT2D eigenvalue weighted by atomic mass is 9.98. The molecule has 24 heavy (non-hydrogen) atoms. The van der Waals surface area contributed by atoms with E-state index >= 15 is 0 Å². The molecule has 1 unspecified atom stereocenters. The highest BCUT2D eigenvalue weighted by molar-refractivity contribution is 7.80. The molecule has 2 nitrogen and oxygen atoms in total. The van der Waals surface area contributed by atoms with Crippen LogP contribution in [0.4, 0.5) is 10.1 Å². The maximum absolute atomic E-state index is 13.2. The molecule has 0 bridgehead atoms. The number of hydrogen-bond donors (Lipinski definition) is 2. The zero-order chi connectivity index (χ0) is 17.7. The summed E-state index contributed by atoms with van der Waals surface area (Å²) in [4.78, 5) is 0. The Morgan fingerprint density at radius 2 is 1.75 bits per heavy atom. The minimum atomic E-state index is -0.447. The van der Waals surface area contributed by atoms with Gasteiger partial charge < -0.3 is 10.6 Å². The van der Waals surface area contributed by atoms with Crippen molar-refractivity contribution in [3.63, 3.8) is 0 Å². The third-order valence-corrected chi connectivity index (χ3v) is 4.41. The largest absolute Gasteiger partial charge is 0.356 e. The van der Waals surface area contributed by atoms with Crippen LogP contribution in [0.3, 0.4) is 0 Å². The van der Waals surface area contributed by atoms with Gasteiger partial charge in [-0.3, -0.25) is 0 Å². The van der Waals surface area contributed by atoms with Crippen LogP contribution >= 0.6 is 23.8 Å². The molecule has 2 aromatic rings. The first-order valence-corrected chi connectivity index (χ1v) is 8.81. The van der Waals surface area contributed by atoms with Crippen LogP contribution in [0.5, 0.6) is 0 Å². The van der Waals surface area contributed by atoms with E-state index in [1.807, 2.05) is 0 Å². The molecule has 0 saturated heterocycles. The van der Waals surface area contributed by atoms with E-state index in [-0.39, 0.29) is 11.1 Å². The normalized spacial score (nSPS) is 12.1. The summed E-state index contributed by atoms with van der Waals surface area (Å²) >= 11 is 11.2. The van der Waals surface area contributed by atoms with Crippen molar-refractivity contribution in [2.75, 3.05) is 5.32 Å². The predicted molar refractivity (Wildman–Crippen MR) is 104 cm³/mol. The van der Waals surface area contributed by atoms with Gasteiger partial charge >= 0.3 is 0 Å². The molecule has 2 N–H and O–H groups in total. The number of anilines is 1. The van der Waals surface area contributed by atoms with Crippen LogP contribution in [0.2, 0.25) is 5.02 Å². The van der Waals surface area contributed by atoms with Crippen molar-refractivity contribution < 1.29 is 4.39 Å². The lowest BCUT2D eigenvalue weighted by Gasteiger charge is -2.20. The molecule has 5 heteroatoms. The van der Waals surface area contributed by atoms with Crippen molar-refractivity contribution in [2.24, 2.45) is 0 Å². The first-order chi connectivity index (χ1) is 11.4. The average Bonchev–Trinajstić information content (AvgIpc) is 2.56. The number of thiocarbonyl (C=S) groups is 1. The standard InChI is InChI=1S/C19H22ClFN2S/c1-4-18(14-7-5-13(6-8-14)12(2)3)23-19(24)22-15-9-10-17(21)16(20)11-15/h5-12,18H,4H2,1-3H3,(H2,22,23,24). The highest BCUT2D eigenvalue weighted by Gasteiger charge is 2.12. The number of nitrogens with one attached hydrogen (secondary N) is 2. The summed E-state index contributed by atoms with van der Waals surface area (Å²) in [7, 11) is 0. The Kier molecular flexibility index (Phi) is 6.58. The number of hydrogen-bond acceptors (Lipinski definition) is 1. The topological polar surface area (TPSA) is 24.1 Å². The third kappa shape index (κ3) is 4.92. The van der Waals surface area contributed by atoms with Crippen molar-refractivity contribution in [1.82, 2.24) is 5.32 Å². The van der Waals surface area contributed by atoms with Gasteiger partial charge in [-0.05, 0) is 53.9 Å². The summed E-state index contributed by atoms with van der Waals surface area (Å²) in [5.41, 5.74) is 3.15. The van der Waals surface area contributed by atoms with Gasteiger partial charge in [-0.25, -0.2) is 4.39 Å². The Morgan fingerprint density at radius 3 is 2.29 bits per heavy atom. The molecule has 128 valence electrons. The molecule has 0 aliphatic carbocycles. The fourth-order valence-electron chi connectivity index (χ4n) is 2.43. The molecule has 0 aromatic heterocycles. The maximum atomic E-state index is 13.2. The summed E-state index contributed by atoms with van der Waals surface area (Å²) < 4.78 is 13.2. The molecule has 1 atom stereocenters. The summed E-state index contributed by atoms with van der Waals surface area (Å²) in [5.74, 6) is 0.0656. The van der Waals surface area contributed by atoms with E-state index in [9.17, 15) is 4.39 Å². The predicted octanol–water partition coefficient (Wildman–Crippen LogP) is 6.04. The Balaban J connectivity index is 2.03. The number of benzene rings is 2. The number of halogens is 2. The van der Waals surface area contributed by atoms with E-state index in [2.05, 4.69) is 55.7 Å². The monoisotopic (exact) mass is 364 g/mol. The molecule has 0 aliphatic rings. The van der Waals surface area contributed by atoms with E-state index in [0.717, 1.165) is 6.42 Å². The number of rotatable bonds is 5. The summed E-state index contributed by atoms with van der Waals surface area (Å²) in [6.07, 6.45) is 0.896. The van der Waals surface area contributed by atoms with E-state index in [1.165, 1.54) is 23.3 Å². The van der Waals surface area contributed by atoms with Crippen LogP contribution in [-0.4, -0.2) is 5.11 Å². The molecular weight excluding hydrogens is 343 g/mol. The van der Waals surface area contributed by atoms with Crippen molar-refractivity contribution in [3.05, 3.63) is 64.4 Å². The molecular formula is C19H22ClFN2S. The summed E-state index contributed by atoms with van der Waals surface area (Å²) in [6.45, 7) is 6.46. The van der Waals surface area contributed by atoms with E-state index in [0.29, 0.717) is 16.7 Å². The second-order valence-corrected chi connectivity index (χ2v) is 6.82. The van der Waals surface area contributed by atoms with Crippen LogP contribution < -0.4 is 10.6 Å². The Morgan fingerprint density at radius 1 is 1.12 bits per heavy atom. The fourth-order valence-corrected chi connectivity index (χ4v) is 2.87. The van der Waals surface area contributed by atoms with Crippen LogP contribution in [0, 0.1) is 5.82 Å². The molecule has 0 radical (unpaired) electrons.